The number of fused-ring (bicyclic) bond motifs is 1. The summed E-state index contributed by atoms with van der Waals surface area (Å²) < 4.78 is 29.2. The molecule has 0 N–H and O–H groups in total. The molecule has 0 saturated carbocycles. The van der Waals surface area contributed by atoms with Crippen molar-refractivity contribution in [3.05, 3.63) is 53.8 Å². The first-order valence-corrected chi connectivity index (χ1v) is 8.70. The highest BCUT2D eigenvalue weighted by atomic mass is 19.1. The Morgan fingerprint density at radius 3 is 2.85 bits per heavy atom. The molecule has 6 heteroatoms. The summed E-state index contributed by atoms with van der Waals surface area (Å²) in [6.45, 7) is 3.71. The molecule has 0 bridgehead atoms. The third-order valence-corrected chi connectivity index (χ3v) is 4.14. The van der Waals surface area contributed by atoms with Gasteiger partial charge in [0.1, 0.15) is 11.6 Å². The van der Waals surface area contributed by atoms with E-state index in [0.29, 0.717) is 38.3 Å². The standard InChI is InChI=1S/C20H22FNO4/c1-2-22(13-15-8-9-18-19(11-15)26-14-25-18)20(23)7-4-10-24-17-6-3-5-16(21)12-17/h3,5-6,8-9,11-12H,2,4,7,10,13-14H2,1H3. The summed E-state index contributed by atoms with van der Waals surface area (Å²) in [4.78, 5) is 14.2. The minimum atomic E-state index is -0.334. The Balaban J connectivity index is 1.46. The van der Waals surface area contributed by atoms with Crippen molar-refractivity contribution < 1.29 is 23.4 Å². The fourth-order valence-corrected chi connectivity index (χ4v) is 2.76. The molecule has 26 heavy (non-hydrogen) atoms. The number of benzene rings is 2. The molecule has 0 radical (unpaired) electrons. The smallest absolute Gasteiger partial charge is 0.231 e. The Morgan fingerprint density at radius 2 is 2.04 bits per heavy atom. The molecule has 1 amide bonds. The van der Waals surface area contributed by atoms with Crippen LogP contribution in [0.15, 0.2) is 42.5 Å². The molecule has 2 aromatic carbocycles. The van der Waals surface area contributed by atoms with Crippen LogP contribution in [0.1, 0.15) is 25.3 Å². The molecular formula is C20H22FNO4. The van der Waals surface area contributed by atoms with Gasteiger partial charge in [-0.05, 0) is 43.2 Å². The van der Waals surface area contributed by atoms with E-state index in [0.717, 1.165) is 17.1 Å². The second kappa shape index (κ2) is 8.56. The Bertz CT molecular complexity index is 765. The van der Waals surface area contributed by atoms with Crippen molar-refractivity contribution in [3.8, 4) is 17.2 Å². The van der Waals surface area contributed by atoms with E-state index in [9.17, 15) is 9.18 Å². The average molecular weight is 359 g/mol. The molecule has 3 rings (SSSR count). The van der Waals surface area contributed by atoms with Gasteiger partial charge in [0, 0.05) is 25.6 Å². The van der Waals surface area contributed by atoms with Gasteiger partial charge in [0.05, 0.1) is 6.61 Å². The minimum absolute atomic E-state index is 0.0630. The molecule has 0 aromatic heterocycles. The molecule has 5 nitrogen and oxygen atoms in total. The van der Waals surface area contributed by atoms with E-state index in [1.165, 1.54) is 12.1 Å². The molecule has 1 aliphatic heterocycles. The largest absolute Gasteiger partial charge is 0.493 e. The normalized spacial score (nSPS) is 12.1. The highest BCUT2D eigenvalue weighted by molar-refractivity contribution is 5.76. The zero-order valence-electron chi connectivity index (χ0n) is 14.7. The maximum atomic E-state index is 13.1. The van der Waals surface area contributed by atoms with E-state index in [-0.39, 0.29) is 18.5 Å². The van der Waals surface area contributed by atoms with Crippen LogP contribution in [-0.2, 0) is 11.3 Å². The molecule has 0 fully saturated rings. The Morgan fingerprint density at radius 1 is 1.19 bits per heavy atom. The molecule has 0 spiro atoms. The average Bonchev–Trinajstić information content (AvgIpc) is 3.11. The molecular weight excluding hydrogens is 337 g/mol. The monoisotopic (exact) mass is 359 g/mol. The van der Waals surface area contributed by atoms with Crippen molar-refractivity contribution in [2.24, 2.45) is 0 Å². The Labute approximate surface area is 152 Å². The summed E-state index contributed by atoms with van der Waals surface area (Å²) in [5.41, 5.74) is 1.00. The predicted molar refractivity (Wildman–Crippen MR) is 94.8 cm³/mol. The minimum Gasteiger partial charge on any atom is -0.493 e. The highest BCUT2D eigenvalue weighted by Crippen LogP contribution is 2.32. The van der Waals surface area contributed by atoms with Crippen molar-refractivity contribution in [1.29, 1.82) is 0 Å². The molecule has 2 aromatic rings. The van der Waals surface area contributed by atoms with Gasteiger partial charge in [-0.3, -0.25) is 4.79 Å². The van der Waals surface area contributed by atoms with Gasteiger partial charge in [-0.25, -0.2) is 4.39 Å². The number of carbonyl (C=O) groups excluding carboxylic acids is 1. The second-order valence-corrected chi connectivity index (χ2v) is 6.00. The van der Waals surface area contributed by atoms with E-state index in [4.69, 9.17) is 14.2 Å². The molecule has 0 aliphatic carbocycles. The third kappa shape index (κ3) is 4.65. The fraction of sp³-hybridized carbons (Fsp3) is 0.350. The van der Waals surface area contributed by atoms with Gasteiger partial charge in [-0.1, -0.05) is 12.1 Å². The number of ether oxygens (including phenoxy) is 3. The van der Waals surface area contributed by atoms with Crippen LogP contribution in [0.25, 0.3) is 0 Å². The summed E-state index contributed by atoms with van der Waals surface area (Å²) in [6, 6.07) is 11.7. The molecule has 1 heterocycles. The summed E-state index contributed by atoms with van der Waals surface area (Å²) >= 11 is 0. The van der Waals surface area contributed by atoms with Crippen LogP contribution in [0.3, 0.4) is 0 Å². The lowest BCUT2D eigenvalue weighted by molar-refractivity contribution is -0.131. The van der Waals surface area contributed by atoms with E-state index < -0.39 is 0 Å². The van der Waals surface area contributed by atoms with Crippen LogP contribution in [0, 0.1) is 5.82 Å². The van der Waals surface area contributed by atoms with E-state index in [1.54, 1.807) is 17.0 Å². The van der Waals surface area contributed by atoms with E-state index >= 15 is 0 Å². The first-order chi connectivity index (χ1) is 12.7. The van der Waals surface area contributed by atoms with Crippen molar-refractivity contribution in [2.45, 2.75) is 26.3 Å². The van der Waals surface area contributed by atoms with Crippen LogP contribution in [0.5, 0.6) is 17.2 Å². The summed E-state index contributed by atoms with van der Waals surface area (Å²) in [6.07, 6.45) is 0.959. The summed E-state index contributed by atoms with van der Waals surface area (Å²) in [5.74, 6) is 1.66. The third-order valence-electron chi connectivity index (χ3n) is 4.14. The van der Waals surface area contributed by atoms with Crippen LogP contribution in [0.4, 0.5) is 4.39 Å². The topological polar surface area (TPSA) is 48.0 Å². The van der Waals surface area contributed by atoms with Crippen LogP contribution in [-0.4, -0.2) is 30.8 Å². The number of hydrogen-bond acceptors (Lipinski definition) is 4. The van der Waals surface area contributed by atoms with Crippen molar-refractivity contribution in [1.82, 2.24) is 4.90 Å². The van der Waals surface area contributed by atoms with Crippen LogP contribution in [0.2, 0.25) is 0 Å². The Hall–Kier alpha value is -2.76. The molecule has 0 atom stereocenters. The number of carbonyl (C=O) groups is 1. The highest BCUT2D eigenvalue weighted by Gasteiger charge is 2.16. The zero-order valence-corrected chi connectivity index (χ0v) is 14.7. The molecule has 1 aliphatic rings. The number of hydrogen-bond donors (Lipinski definition) is 0. The first kappa shape index (κ1) is 18.0. The lowest BCUT2D eigenvalue weighted by atomic mass is 10.1. The van der Waals surface area contributed by atoms with Gasteiger partial charge in [0.25, 0.3) is 0 Å². The van der Waals surface area contributed by atoms with Gasteiger partial charge in [0.15, 0.2) is 11.5 Å². The molecule has 0 unspecified atom stereocenters. The quantitative estimate of drug-likeness (QED) is 0.674. The van der Waals surface area contributed by atoms with Crippen LogP contribution >= 0.6 is 0 Å². The summed E-state index contributed by atoms with van der Waals surface area (Å²) in [7, 11) is 0. The van der Waals surface area contributed by atoms with Gasteiger partial charge in [0.2, 0.25) is 12.7 Å². The van der Waals surface area contributed by atoms with Gasteiger partial charge in [-0.15, -0.1) is 0 Å². The number of amides is 1. The maximum Gasteiger partial charge on any atom is 0.231 e. The Kier molecular flexibility index (Phi) is 5.94. The lowest BCUT2D eigenvalue weighted by Crippen LogP contribution is -2.30. The lowest BCUT2D eigenvalue weighted by Gasteiger charge is -2.21. The fourth-order valence-electron chi connectivity index (χ4n) is 2.76. The second-order valence-electron chi connectivity index (χ2n) is 6.00. The first-order valence-electron chi connectivity index (χ1n) is 8.70. The maximum absolute atomic E-state index is 13.1. The molecule has 138 valence electrons. The van der Waals surface area contributed by atoms with E-state index in [2.05, 4.69) is 0 Å². The molecule has 0 saturated heterocycles. The summed E-state index contributed by atoms with van der Waals surface area (Å²) in [5, 5.41) is 0. The van der Waals surface area contributed by atoms with Crippen molar-refractivity contribution in [3.63, 3.8) is 0 Å². The van der Waals surface area contributed by atoms with Crippen molar-refractivity contribution in [2.75, 3.05) is 19.9 Å². The van der Waals surface area contributed by atoms with Gasteiger partial charge >= 0.3 is 0 Å². The zero-order chi connectivity index (χ0) is 18.4. The van der Waals surface area contributed by atoms with Gasteiger partial charge in [-0.2, -0.15) is 0 Å². The number of nitrogens with zero attached hydrogens (tertiary/aromatic N) is 1. The van der Waals surface area contributed by atoms with E-state index in [1.807, 2.05) is 25.1 Å². The predicted octanol–water partition coefficient (Wildman–Crippen LogP) is 3.76. The van der Waals surface area contributed by atoms with Crippen LogP contribution < -0.4 is 14.2 Å². The number of halogens is 1. The SMILES string of the molecule is CCN(Cc1ccc2c(c1)OCO2)C(=O)CCCOc1cccc(F)c1. The van der Waals surface area contributed by atoms with Gasteiger partial charge < -0.3 is 19.1 Å². The number of rotatable bonds is 8. The van der Waals surface area contributed by atoms with Crippen molar-refractivity contribution >= 4 is 5.91 Å².